The van der Waals surface area contributed by atoms with Gasteiger partial charge in [-0.25, -0.2) is 0 Å². The zero-order valence-electron chi connectivity index (χ0n) is 14.4. The van der Waals surface area contributed by atoms with E-state index in [-0.39, 0.29) is 62.5 Å². The number of hydrogen-bond acceptors (Lipinski definition) is 6. The second kappa shape index (κ2) is 10.2. The van der Waals surface area contributed by atoms with E-state index >= 15 is 0 Å². The first kappa shape index (κ1) is 22.6. The summed E-state index contributed by atoms with van der Waals surface area (Å²) < 4.78 is 17.3. The molecule has 2 aliphatic rings. The van der Waals surface area contributed by atoms with Crippen molar-refractivity contribution in [1.29, 1.82) is 0 Å². The fraction of sp³-hybridized carbons (Fsp3) is 0.444. The minimum Gasteiger partial charge on any atom is -0.533 e. The van der Waals surface area contributed by atoms with Gasteiger partial charge in [0.15, 0.2) is 6.29 Å². The van der Waals surface area contributed by atoms with E-state index in [4.69, 9.17) is 25.8 Å². The zero-order valence-corrected chi connectivity index (χ0v) is 18.4. The van der Waals surface area contributed by atoms with Crippen molar-refractivity contribution in [2.45, 2.75) is 31.3 Å². The molecule has 2 aromatic rings. The predicted octanol–water partition coefficient (Wildman–Crippen LogP) is 3.04. The van der Waals surface area contributed by atoms with Crippen LogP contribution in [0, 0.1) is 18.3 Å². The molecule has 2 fully saturated rings. The summed E-state index contributed by atoms with van der Waals surface area (Å²) in [6.45, 7) is 0.680. The summed E-state index contributed by atoms with van der Waals surface area (Å²) >= 11 is 5.83. The maximum atomic E-state index is 6.18. The van der Waals surface area contributed by atoms with Gasteiger partial charge in [-0.1, -0.05) is 12.1 Å². The van der Waals surface area contributed by atoms with Gasteiger partial charge in [0, 0.05) is 62.8 Å². The van der Waals surface area contributed by atoms with E-state index < -0.39 is 0 Å². The maximum absolute atomic E-state index is 6.18. The van der Waals surface area contributed by atoms with Crippen LogP contribution in [-0.4, -0.2) is 35.8 Å². The Morgan fingerprint density at radius 2 is 1.96 bits per heavy atom. The monoisotopic (exact) mass is 565 g/mol. The minimum absolute atomic E-state index is 0. The molecule has 0 bridgehead atoms. The first-order valence-electron chi connectivity index (χ1n) is 8.21. The van der Waals surface area contributed by atoms with Crippen LogP contribution in [0.3, 0.4) is 0 Å². The van der Waals surface area contributed by atoms with Crippen LogP contribution >= 0.6 is 11.6 Å². The molecule has 0 spiro atoms. The Balaban J connectivity index is 0.00000131. The van der Waals surface area contributed by atoms with E-state index in [1.165, 1.54) is 0 Å². The first-order chi connectivity index (χ1) is 12.2. The van der Waals surface area contributed by atoms with E-state index in [0.717, 1.165) is 24.2 Å². The van der Waals surface area contributed by atoms with Crippen LogP contribution in [0.1, 0.15) is 24.7 Å². The van der Waals surface area contributed by atoms with E-state index in [0.29, 0.717) is 18.3 Å². The van der Waals surface area contributed by atoms with E-state index in [1.54, 1.807) is 7.11 Å². The molecule has 1 aliphatic carbocycles. The van der Waals surface area contributed by atoms with Crippen LogP contribution in [0.2, 0.25) is 5.15 Å². The molecule has 2 heterocycles. The molecule has 0 amide bonds. The summed E-state index contributed by atoms with van der Waals surface area (Å²) in [4.78, 5) is 7.75. The van der Waals surface area contributed by atoms with Gasteiger partial charge >= 0.3 is 0 Å². The molecule has 27 heavy (non-hydrogen) atoms. The van der Waals surface area contributed by atoms with Gasteiger partial charge in [0.05, 0.1) is 19.8 Å². The number of methoxy groups -OCH3 is 1. The summed E-state index contributed by atoms with van der Waals surface area (Å²) in [6, 6.07) is 10.9. The molecular formula is C18H18ClN3O3Rh2-2. The average molecular weight is 566 g/mol. The molecule has 1 aromatic carbocycles. The molecule has 4 rings (SSSR count). The van der Waals surface area contributed by atoms with Gasteiger partial charge in [-0.05, 0) is 25.0 Å². The van der Waals surface area contributed by atoms with Crippen molar-refractivity contribution in [3.63, 3.8) is 0 Å². The molecule has 1 saturated carbocycles. The van der Waals surface area contributed by atoms with Gasteiger partial charge in [-0.2, -0.15) is 22.6 Å². The van der Waals surface area contributed by atoms with E-state index in [9.17, 15) is 0 Å². The van der Waals surface area contributed by atoms with Crippen LogP contribution in [0.15, 0.2) is 24.3 Å². The van der Waals surface area contributed by atoms with Gasteiger partial charge in [0.2, 0.25) is 0 Å². The topological polar surface area (TPSA) is 65.5 Å². The largest absolute Gasteiger partial charge is 0.533 e. The number of fused-ring (bicyclic) bond motifs is 1. The quantitative estimate of drug-likeness (QED) is 0.350. The molecule has 9 heteroatoms. The third-order valence-electron chi connectivity index (χ3n) is 4.65. The Hall–Kier alpha value is -0.643. The Bertz CT molecular complexity index is 738. The van der Waals surface area contributed by atoms with E-state index in [1.807, 2.05) is 24.3 Å². The van der Waals surface area contributed by atoms with Crippen molar-refractivity contribution in [2.24, 2.45) is 5.92 Å². The van der Waals surface area contributed by atoms with Crippen LogP contribution in [0.25, 0.3) is 0 Å². The first-order valence-corrected chi connectivity index (χ1v) is 8.59. The third-order valence-corrected chi connectivity index (χ3v) is 4.83. The van der Waals surface area contributed by atoms with Crippen molar-refractivity contribution in [1.82, 2.24) is 9.97 Å². The molecule has 4 atom stereocenters. The summed E-state index contributed by atoms with van der Waals surface area (Å²) in [6.07, 6.45) is 4.17. The Kier molecular flexibility index (Phi) is 8.58. The number of benzene rings is 1. The van der Waals surface area contributed by atoms with Crippen LogP contribution < -0.4 is 10.1 Å². The van der Waals surface area contributed by atoms with Gasteiger partial charge in [-0.15, -0.1) is 0 Å². The third kappa shape index (κ3) is 5.46. The molecule has 1 unspecified atom stereocenters. The second-order valence-electron chi connectivity index (χ2n) is 6.27. The SMILES string of the molecule is COc1ccc(C2OC[C@@H]3C[C@@H](Nc4[c-]c(Cl)n[c-]n4)C[C@@H]3O2)cc1.[Rh].[Rh]. The predicted molar refractivity (Wildman–Crippen MR) is 91.4 cm³/mol. The van der Waals surface area contributed by atoms with E-state index in [2.05, 4.69) is 27.7 Å². The summed E-state index contributed by atoms with van der Waals surface area (Å²) in [5.74, 6) is 1.75. The number of hydrogen-bond donors (Lipinski definition) is 1. The molecule has 1 N–H and O–H groups in total. The van der Waals surface area contributed by atoms with Crippen molar-refractivity contribution in [2.75, 3.05) is 19.0 Å². The van der Waals surface area contributed by atoms with Gasteiger partial charge in [-0.3, -0.25) is 0 Å². The number of ether oxygens (including phenoxy) is 3. The molecule has 1 saturated heterocycles. The standard InChI is InChI=1S/C18H18ClN3O3.2Rh/c1-23-14-4-2-11(3-5-14)18-24-9-12-6-13(7-15(12)25-18)22-17-8-16(19)20-10-21-17;;/h2-5,12-13,15,18H,6-7,9H2,1H3,(H,20,21,22);;/q-2;;/t12-,13+,15-,18?;;/m0../s1. The Labute approximate surface area is 189 Å². The number of rotatable bonds is 4. The fourth-order valence-corrected chi connectivity index (χ4v) is 3.55. The number of nitrogens with zero attached hydrogens (tertiary/aromatic N) is 2. The number of aromatic nitrogens is 2. The normalized spacial score (nSPS) is 26.3. The minimum atomic E-state index is -0.334. The van der Waals surface area contributed by atoms with Crippen molar-refractivity contribution < 1.29 is 53.2 Å². The van der Waals surface area contributed by atoms with Gasteiger partial charge in [0.25, 0.3) is 0 Å². The van der Waals surface area contributed by atoms with Gasteiger partial charge < -0.3 is 35.6 Å². The number of halogens is 1. The van der Waals surface area contributed by atoms with Crippen molar-refractivity contribution in [3.8, 4) is 5.75 Å². The number of anilines is 1. The molecule has 1 aliphatic heterocycles. The average Bonchev–Trinajstić information content (AvgIpc) is 3.03. The zero-order chi connectivity index (χ0) is 17.2. The Morgan fingerprint density at radius 3 is 2.67 bits per heavy atom. The van der Waals surface area contributed by atoms with Crippen LogP contribution in [0.4, 0.5) is 5.82 Å². The van der Waals surface area contributed by atoms with Crippen LogP contribution in [0.5, 0.6) is 5.75 Å². The van der Waals surface area contributed by atoms with Crippen molar-refractivity contribution in [3.05, 3.63) is 47.4 Å². The molecule has 2 radical (unpaired) electrons. The number of nitrogens with one attached hydrogen (secondary N) is 1. The van der Waals surface area contributed by atoms with Gasteiger partial charge in [0.1, 0.15) is 5.75 Å². The molecule has 1 aromatic heterocycles. The molecular weight excluding hydrogens is 547 g/mol. The summed E-state index contributed by atoms with van der Waals surface area (Å²) in [7, 11) is 1.65. The fourth-order valence-electron chi connectivity index (χ4n) is 3.43. The van der Waals surface area contributed by atoms with Crippen LogP contribution in [-0.2, 0) is 48.4 Å². The second-order valence-corrected chi connectivity index (χ2v) is 6.63. The summed E-state index contributed by atoms with van der Waals surface area (Å²) in [5.41, 5.74) is 1.00. The Morgan fingerprint density at radius 1 is 1.19 bits per heavy atom. The smallest absolute Gasteiger partial charge is 0.184 e. The summed E-state index contributed by atoms with van der Waals surface area (Å²) in [5, 5.41) is 3.59. The van der Waals surface area contributed by atoms with Crippen molar-refractivity contribution >= 4 is 17.4 Å². The molecule has 6 nitrogen and oxygen atoms in total. The maximum Gasteiger partial charge on any atom is 0.184 e. The molecule has 150 valence electrons.